The summed E-state index contributed by atoms with van der Waals surface area (Å²) in [7, 11) is 0. The molecule has 0 amide bonds. The van der Waals surface area contributed by atoms with Crippen LogP contribution >= 0.6 is 11.8 Å². The first-order chi connectivity index (χ1) is 16.5. The molecule has 0 radical (unpaired) electrons. The van der Waals surface area contributed by atoms with Gasteiger partial charge in [0.15, 0.2) is 5.16 Å². The van der Waals surface area contributed by atoms with Crippen molar-refractivity contribution in [3.05, 3.63) is 87.6 Å². The first-order valence-electron chi connectivity index (χ1n) is 10.8. The third-order valence-corrected chi connectivity index (χ3v) is 6.50. The molecule has 8 nitrogen and oxygen atoms in total. The fourth-order valence-corrected chi connectivity index (χ4v) is 4.81. The van der Waals surface area contributed by atoms with E-state index < -0.39 is 5.97 Å². The lowest BCUT2D eigenvalue weighted by Crippen LogP contribution is -2.22. The van der Waals surface area contributed by atoms with Crippen LogP contribution in [0.15, 0.2) is 69.2 Å². The van der Waals surface area contributed by atoms with Crippen LogP contribution in [0, 0.1) is 13.8 Å². The molecule has 3 aromatic heterocycles. The maximum atomic E-state index is 13.6. The van der Waals surface area contributed by atoms with E-state index in [1.807, 2.05) is 54.6 Å². The second kappa shape index (κ2) is 8.83. The van der Waals surface area contributed by atoms with Gasteiger partial charge in [0, 0.05) is 0 Å². The Hall–Kier alpha value is -3.85. The van der Waals surface area contributed by atoms with Crippen LogP contribution in [0.1, 0.15) is 34.2 Å². The first-order valence-corrected chi connectivity index (χ1v) is 11.8. The van der Waals surface area contributed by atoms with Gasteiger partial charge in [-0.3, -0.25) is 9.20 Å². The number of aromatic nitrogens is 4. The standard InChI is InChI=1S/C25H22N4O4S/c1-4-32-23(31)18-11-12-33-21(18)14-34-25-27-26-24-28(20-13-15(2)9-10-16(20)3)22(30)17-7-5-6-8-19(17)29(24)25/h5-13H,4,14H2,1-3H3. The molecule has 0 atom stereocenters. The molecule has 0 unspecified atom stereocenters. The minimum Gasteiger partial charge on any atom is -0.468 e. The fraction of sp³-hybridized carbons (Fsp3) is 0.200. The van der Waals surface area contributed by atoms with Crippen LogP contribution in [0.5, 0.6) is 0 Å². The van der Waals surface area contributed by atoms with E-state index in [4.69, 9.17) is 9.15 Å². The van der Waals surface area contributed by atoms with Crippen LogP contribution in [0.4, 0.5) is 0 Å². The van der Waals surface area contributed by atoms with Crippen molar-refractivity contribution in [2.45, 2.75) is 31.7 Å². The zero-order valence-electron chi connectivity index (χ0n) is 18.9. The van der Waals surface area contributed by atoms with Gasteiger partial charge in [0.05, 0.1) is 35.2 Å². The molecule has 2 aromatic carbocycles. The second-order valence-corrected chi connectivity index (χ2v) is 8.77. The van der Waals surface area contributed by atoms with Gasteiger partial charge in [0.25, 0.3) is 5.56 Å². The number of thioether (sulfide) groups is 1. The molecule has 0 spiro atoms. The van der Waals surface area contributed by atoms with E-state index in [0.29, 0.717) is 38.9 Å². The number of hydrogen-bond acceptors (Lipinski definition) is 7. The SMILES string of the molecule is CCOC(=O)c1ccoc1CSc1nnc2n(-c3cc(C)ccc3C)c(=O)c3ccccc3n12. The quantitative estimate of drug-likeness (QED) is 0.260. The molecule has 5 rings (SSSR count). The molecule has 172 valence electrons. The lowest BCUT2D eigenvalue weighted by Gasteiger charge is -2.14. The third-order valence-electron chi connectivity index (χ3n) is 5.57. The molecule has 0 saturated carbocycles. The number of fused-ring (bicyclic) bond motifs is 3. The van der Waals surface area contributed by atoms with Crippen LogP contribution in [-0.2, 0) is 10.5 Å². The Morgan fingerprint density at radius 1 is 1.12 bits per heavy atom. The lowest BCUT2D eigenvalue weighted by molar-refractivity contribution is 0.0524. The molecule has 0 aliphatic heterocycles. The van der Waals surface area contributed by atoms with Crippen LogP contribution in [0.2, 0.25) is 0 Å². The van der Waals surface area contributed by atoms with Crippen LogP contribution < -0.4 is 5.56 Å². The Morgan fingerprint density at radius 2 is 1.94 bits per heavy atom. The summed E-state index contributed by atoms with van der Waals surface area (Å²) in [6.45, 7) is 6.00. The summed E-state index contributed by atoms with van der Waals surface area (Å²) in [5.41, 5.74) is 3.70. The first kappa shape index (κ1) is 22.0. The van der Waals surface area contributed by atoms with E-state index in [0.717, 1.165) is 16.8 Å². The van der Waals surface area contributed by atoms with E-state index in [-0.39, 0.29) is 12.2 Å². The number of aryl methyl sites for hydroxylation is 2. The highest BCUT2D eigenvalue weighted by Crippen LogP contribution is 2.28. The minimum atomic E-state index is -0.424. The second-order valence-electron chi connectivity index (χ2n) is 7.83. The highest BCUT2D eigenvalue weighted by Gasteiger charge is 2.21. The maximum absolute atomic E-state index is 13.6. The van der Waals surface area contributed by atoms with Crippen molar-refractivity contribution in [3.8, 4) is 5.69 Å². The van der Waals surface area contributed by atoms with Gasteiger partial charge in [-0.25, -0.2) is 9.36 Å². The Morgan fingerprint density at radius 3 is 2.76 bits per heavy atom. The molecule has 0 saturated heterocycles. The number of para-hydroxylation sites is 1. The normalized spacial score (nSPS) is 11.4. The topological polar surface area (TPSA) is 91.6 Å². The Kier molecular flexibility index (Phi) is 5.70. The smallest absolute Gasteiger partial charge is 0.341 e. The number of rotatable bonds is 6. The summed E-state index contributed by atoms with van der Waals surface area (Å²) in [6, 6.07) is 15.0. The van der Waals surface area contributed by atoms with Crippen molar-refractivity contribution in [1.82, 2.24) is 19.2 Å². The summed E-state index contributed by atoms with van der Waals surface area (Å²) in [4.78, 5) is 25.8. The van der Waals surface area contributed by atoms with E-state index >= 15 is 0 Å². The molecule has 0 fully saturated rings. The van der Waals surface area contributed by atoms with E-state index in [1.54, 1.807) is 23.6 Å². The Labute approximate surface area is 199 Å². The molecule has 0 N–H and O–H groups in total. The zero-order valence-corrected chi connectivity index (χ0v) is 19.8. The van der Waals surface area contributed by atoms with Gasteiger partial charge >= 0.3 is 5.97 Å². The highest BCUT2D eigenvalue weighted by molar-refractivity contribution is 7.98. The highest BCUT2D eigenvalue weighted by atomic mass is 32.2. The van der Waals surface area contributed by atoms with Gasteiger partial charge < -0.3 is 9.15 Å². The minimum absolute atomic E-state index is 0.156. The van der Waals surface area contributed by atoms with Gasteiger partial charge in [-0.2, -0.15) is 0 Å². The molecule has 9 heteroatoms. The molecule has 0 bridgehead atoms. The van der Waals surface area contributed by atoms with Crippen LogP contribution in [0.25, 0.3) is 22.4 Å². The monoisotopic (exact) mass is 474 g/mol. The number of nitrogens with zero attached hydrogens (tertiary/aromatic N) is 4. The number of hydrogen-bond donors (Lipinski definition) is 0. The largest absolute Gasteiger partial charge is 0.468 e. The molecule has 0 aliphatic rings. The average molecular weight is 475 g/mol. The molecular weight excluding hydrogens is 452 g/mol. The molecule has 5 aromatic rings. The van der Waals surface area contributed by atoms with Crippen molar-refractivity contribution in [1.29, 1.82) is 0 Å². The molecule has 34 heavy (non-hydrogen) atoms. The van der Waals surface area contributed by atoms with E-state index in [9.17, 15) is 9.59 Å². The van der Waals surface area contributed by atoms with Crippen molar-refractivity contribution >= 4 is 34.4 Å². The fourth-order valence-electron chi connectivity index (χ4n) is 3.92. The van der Waals surface area contributed by atoms with Crippen molar-refractivity contribution in [2.24, 2.45) is 0 Å². The lowest BCUT2D eigenvalue weighted by atomic mass is 10.1. The molecule has 0 aliphatic carbocycles. The number of ether oxygens (including phenoxy) is 1. The summed E-state index contributed by atoms with van der Waals surface area (Å²) in [5.74, 6) is 0.836. The number of carbonyl (C=O) groups excluding carboxylic acids is 1. The van der Waals surface area contributed by atoms with Crippen LogP contribution in [-0.4, -0.2) is 31.7 Å². The number of furan rings is 1. The van der Waals surface area contributed by atoms with Gasteiger partial charge in [0.1, 0.15) is 11.3 Å². The number of carbonyl (C=O) groups is 1. The number of benzene rings is 2. The summed E-state index contributed by atoms with van der Waals surface area (Å²) in [5, 5.41) is 9.93. The van der Waals surface area contributed by atoms with E-state index in [1.165, 1.54) is 18.0 Å². The van der Waals surface area contributed by atoms with Gasteiger partial charge in [-0.05, 0) is 56.2 Å². The molecular formula is C25H22N4O4S. The molecule has 3 heterocycles. The Bertz CT molecular complexity index is 1600. The summed E-state index contributed by atoms with van der Waals surface area (Å²) >= 11 is 1.37. The third kappa shape index (κ3) is 3.67. The van der Waals surface area contributed by atoms with Crippen molar-refractivity contribution < 1.29 is 13.9 Å². The van der Waals surface area contributed by atoms with Gasteiger partial charge in [-0.15, -0.1) is 10.2 Å². The summed E-state index contributed by atoms with van der Waals surface area (Å²) < 4.78 is 14.1. The predicted octanol–water partition coefficient (Wildman–Crippen LogP) is 4.71. The zero-order chi connectivity index (χ0) is 23.8. The summed E-state index contributed by atoms with van der Waals surface area (Å²) in [6.07, 6.45) is 1.47. The maximum Gasteiger partial charge on any atom is 0.341 e. The van der Waals surface area contributed by atoms with Gasteiger partial charge in [-0.1, -0.05) is 36.0 Å². The van der Waals surface area contributed by atoms with Gasteiger partial charge in [0.2, 0.25) is 5.78 Å². The van der Waals surface area contributed by atoms with Crippen molar-refractivity contribution in [3.63, 3.8) is 0 Å². The average Bonchev–Trinajstić information content (AvgIpc) is 3.47. The predicted molar refractivity (Wildman–Crippen MR) is 130 cm³/mol. The van der Waals surface area contributed by atoms with E-state index in [2.05, 4.69) is 10.2 Å². The Balaban J connectivity index is 1.66. The number of esters is 1. The van der Waals surface area contributed by atoms with Crippen LogP contribution in [0.3, 0.4) is 0 Å². The van der Waals surface area contributed by atoms with Crippen molar-refractivity contribution in [2.75, 3.05) is 6.61 Å².